The monoisotopic (exact) mass is 334 g/mol. The van der Waals surface area contributed by atoms with Crippen molar-refractivity contribution < 1.29 is 0 Å². The Bertz CT molecular complexity index is 363. The Labute approximate surface area is 111 Å². The molecule has 0 aliphatic heterocycles. The number of nitrogens with one attached hydrogen (secondary N) is 1. The Morgan fingerprint density at radius 1 is 1.31 bits per heavy atom. The van der Waals surface area contributed by atoms with E-state index in [0.29, 0.717) is 5.92 Å². The van der Waals surface area contributed by atoms with Gasteiger partial charge in [-0.3, -0.25) is 0 Å². The molecule has 0 unspecified atom stereocenters. The van der Waals surface area contributed by atoms with Crippen LogP contribution in [0.5, 0.6) is 0 Å². The predicted octanol–water partition coefficient (Wildman–Crippen LogP) is 2.39. The summed E-state index contributed by atoms with van der Waals surface area (Å²) in [6.07, 6.45) is 0.982. The van der Waals surface area contributed by atoms with Crippen molar-refractivity contribution in [2.75, 3.05) is 31.4 Å². The van der Waals surface area contributed by atoms with Gasteiger partial charge in [0.25, 0.3) is 0 Å². The molecule has 1 rings (SSSR count). The van der Waals surface area contributed by atoms with Crippen molar-refractivity contribution in [3.63, 3.8) is 0 Å². The maximum atomic E-state index is 4.59. The van der Waals surface area contributed by atoms with Crippen molar-refractivity contribution >= 4 is 34.4 Å². The van der Waals surface area contributed by atoms with Crippen LogP contribution in [0.2, 0.25) is 0 Å². The number of hydrogen-bond acceptors (Lipinski definition) is 4. The second-order valence-corrected chi connectivity index (χ2v) is 5.45. The molecular weight excluding hydrogens is 315 g/mol. The van der Waals surface area contributed by atoms with E-state index in [0.717, 1.165) is 27.5 Å². The van der Waals surface area contributed by atoms with Crippen LogP contribution in [0.15, 0.2) is 0 Å². The molecule has 0 saturated heterocycles. The fourth-order valence-electron chi connectivity index (χ4n) is 1.37. The second-order valence-electron chi connectivity index (χ2n) is 4.38. The molecule has 0 bridgehead atoms. The maximum Gasteiger partial charge on any atom is 0.227 e. The minimum absolute atomic E-state index is 0.600. The molecule has 0 aromatic carbocycles. The van der Waals surface area contributed by atoms with Crippen LogP contribution in [-0.4, -0.2) is 31.1 Å². The van der Waals surface area contributed by atoms with Crippen molar-refractivity contribution in [2.45, 2.75) is 20.3 Å². The molecule has 0 amide bonds. The largest absolute Gasteiger partial charge is 0.372 e. The number of hydrogen-bond donors (Lipinski definition) is 1. The van der Waals surface area contributed by atoms with E-state index in [1.807, 2.05) is 26.0 Å². The smallest absolute Gasteiger partial charge is 0.227 e. The molecule has 1 aromatic rings. The maximum absolute atomic E-state index is 4.59. The fourth-order valence-corrected chi connectivity index (χ4v) is 2.10. The number of halogens is 1. The van der Waals surface area contributed by atoms with E-state index in [2.05, 4.69) is 51.7 Å². The van der Waals surface area contributed by atoms with Gasteiger partial charge >= 0.3 is 0 Å². The van der Waals surface area contributed by atoms with E-state index in [9.17, 15) is 0 Å². The predicted molar refractivity (Wildman–Crippen MR) is 77.2 cm³/mol. The summed E-state index contributed by atoms with van der Waals surface area (Å²) in [6, 6.07) is 0. The Hall–Kier alpha value is -0.590. The van der Waals surface area contributed by atoms with Crippen LogP contribution in [0.25, 0.3) is 0 Å². The Balaban J connectivity index is 3.19. The number of nitrogens with zero attached hydrogens (tertiary/aromatic N) is 3. The van der Waals surface area contributed by atoms with Crippen LogP contribution in [0.1, 0.15) is 19.5 Å². The van der Waals surface area contributed by atoms with Crippen LogP contribution >= 0.6 is 22.6 Å². The molecule has 0 saturated carbocycles. The highest BCUT2D eigenvalue weighted by atomic mass is 127. The lowest BCUT2D eigenvalue weighted by Gasteiger charge is -2.16. The van der Waals surface area contributed by atoms with E-state index in [4.69, 9.17) is 0 Å². The first-order valence-electron chi connectivity index (χ1n) is 5.37. The zero-order valence-corrected chi connectivity index (χ0v) is 12.7. The van der Waals surface area contributed by atoms with Gasteiger partial charge in [-0.25, -0.2) is 4.98 Å². The molecule has 0 radical (unpaired) electrons. The number of rotatable bonds is 4. The summed E-state index contributed by atoms with van der Waals surface area (Å²) in [5.41, 5.74) is 1.12. The standard InChI is InChI=1S/C11H19IN4/c1-7(2)6-8-9(12)10(13-3)15-11(14-8)16(4)5/h7H,6H2,1-5H3,(H,13,14,15). The normalized spacial score (nSPS) is 10.7. The van der Waals surface area contributed by atoms with E-state index in [1.54, 1.807) is 0 Å². The topological polar surface area (TPSA) is 41.1 Å². The molecule has 16 heavy (non-hydrogen) atoms. The van der Waals surface area contributed by atoms with Gasteiger partial charge in [0.05, 0.1) is 9.26 Å². The summed E-state index contributed by atoms with van der Waals surface area (Å²) in [5, 5.41) is 3.12. The minimum atomic E-state index is 0.600. The molecule has 90 valence electrons. The van der Waals surface area contributed by atoms with E-state index >= 15 is 0 Å². The van der Waals surface area contributed by atoms with Gasteiger partial charge in [0, 0.05) is 21.1 Å². The molecule has 1 N–H and O–H groups in total. The van der Waals surface area contributed by atoms with Crippen LogP contribution in [0.4, 0.5) is 11.8 Å². The summed E-state index contributed by atoms with van der Waals surface area (Å²) in [6.45, 7) is 4.40. The van der Waals surface area contributed by atoms with Gasteiger partial charge in [0.2, 0.25) is 5.95 Å². The third-order valence-electron chi connectivity index (χ3n) is 2.15. The van der Waals surface area contributed by atoms with Crippen LogP contribution in [-0.2, 0) is 6.42 Å². The third-order valence-corrected chi connectivity index (χ3v) is 3.28. The summed E-state index contributed by atoms with van der Waals surface area (Å²) >= 11 is 2.31. The molecule has 0 aliphatic rings. The van der Waals surface area contributed by atoms with Crippen LogP contribution in [0, 0.1) is 9.49 Å². The average molecular weight is 334 g/mol. The van der Waals surface area contributed by atoms with Crippen molar-refractivity contribution in [1.82, 2.24) is 9.97 Å². The summed E-state index contributed by atoms with van der Waals surface area (Å²) in [7, 11) is 5.81. The molecule has 4 nitrogen and oxygen atoms in total. The van der Waals surface area contributed by atoms with Gasteiger partial charge < -0.3 is 10.2 Å². The highest BCUT2D eigenvalue weighted by Crippen LogP contribution is 2.23. The van der Waals surface area contributed by atoms with Crippen molar-refractivity contribution in [3.8, 4) is 0 Å². The molecule has 1 heterocycles. The Morgan fingerprint density at radius 2 is 1.94 bits per heavy atom. The van der Waals surface area contributed by atoms with Crippen molar-refractivity contribution in [3.05, 3.63) is 9.26 Å². The zero-order chi connectivity index (χ0) is 12.3. The molecule has 0 fully saturated rings. The Morgan fingerprint density at radius 3 is 2.38 bits per heavy atom. The summed E-state index contributed by atoms with van der Waals surface area (Å²) in [5.74, 6) is 2.28. The molecule has 0 atom stereocenters. The third kappa shape index (κ3) is 3.20. The lowest BCUT2D eigenvalue weighted by atomic mass is 10.1. The zero-order valence-electron chi connectivity index (χ0n) is 10.5. The minimum Gasteiger partial charge on any atom is -0.372 e. The summed E-state index contributed by atoms with van der Waals surface area (Å²) in [4.78, 5) is 11.0. The first kappa shape index (κ1) is 13.5. The van der Waals surface area contributed by atoms with E-state index in [1.165, 1.54) is 0 Å². The van der Waals surface area contributed by atoms with Gasteiger partial charge in [0.15, 0.2) is 0 Å². The highest BCUT2D eigenvalue weighted by molar-refractivity contribution is 14.1. The van der Waals surface area contributed by atoms with Gasteiger partial charge in [-0.15, -0.1) is 0 Å². The lowest BCUT2D eigenvalue weighted by Crippen LogP contribution is -2.16. The van der Waals surface area contributed by atoms with E-state index in [-0.39, 0.29) is 0 Å². The Kier molecular flexibility index (Phi) is 4.76. The van der Waals surface area contributed by atoms with Crippen LogP contribution < -0.4 is 10.2 Å². The van der Waals surface area contributed by atoms with Crippen molar-refractivity contribution in [2.24, 2.45) is 5.92 Å². The average Bonchev–Trinajstić information content (AvgIpc) is 2.20. The number of aromatic nitrogens is 2. The van der Waals surface area contributed by atoms with Gasteiger partial charge in [-0.05, 0) is 34.9 Å². The molecule has 0 aliphatic carbocycles. The second kappa shape index (κ2) is 5.65. The first-order chi connectivity index (χ1) is 7.45. The van der Waals surface area contributed by atoms with Gasteiger partial charge in [-0.2, -0.15) is 4.98 Å². The van der Waals surface area contributed by atoms with Gasteiger partial charge in [0.1, 0.15) is 5.82 Å². The fraction of sp³-hybridized carbons (Fsp3) is 0.636. The summed E-state index contributed by atoms with van der Waals surface area (Å²) < 4.78 is 1.12. The molecular formula is C11H19IN4. The molecule has 5 heteroatoms. The SMILES string of the molecule is CNc1nc(N(C)C)nc(CC(C)C)c1I. The molecule has 0 spiro atoms. The number of anilines is 2. The quantitative estimate of drug-likeness (QED) is 0.859. The first-order valence-corrected chi connectivity index (χ1v) is 6.45. The highest BCUT2D eigenvalue weighted by Gasteiger charge is 2.13. The van der Waals surface area contributed by atoms with E-state index < -0.39 is 0 Å². The van der Waals surface area contributed by atoms with Gasteiger partial charge in [-0.1, -0.05) is 13.8 Å². The lowest BCUT2D eigenvalue weighted by molar-refractivity contribution is 0.631. The van der Waals surface area contributed by atoms with Crippen molar-refractivity contribution in [1.29, 1.82) is 0 Å². The van der Waals surface area contributed by atoms with Crippen LogP contribution in [0.3, 0.4) is 0 Å². The molecule has 1 aromatic heterocycles.